The fraction of sp³-hybridized carbons (Fsp3) is 0.259. The highest BCUT2D eigenvalue weighted by Crippen LogP contribution is 2.25. The van der Waals surface area contributed by atoms with Crippen LogP contribution in [0.1, 0.15) is 49.1 Å². The second kappa shape index (κ2) is 8.38. The molecule has 31 heavy (non-hydrogen) atoms. The Morgan fingerprint density at radius 3 is 1.94 bits per heavy atom. The van der Waals surface area contributed by atoms with Gasteiger partial charge in [0, 0.05) is 34.6 Å². The van der Waals surface area contributed by atoms with Crippen molar-refractivity contribution in [3.8, 4) is 22.8 Å². The summed E-state index contributed by atoms with van der Waals surface area (Å²) < 4.78 is 0. The molecule has 0 unspecified atom stereocenters. The lowest BCUT2D eigenvalue weighted by Crippen LogP contribution is -2.13. The van der Waals surface area contributed by atoms with Crippen LogP contribution in [-0.4, -0.2) is 19.9 Å². The summed E-state index contributed by atoms with van der Waals surface area (Å²) in [6, 6.07) is 22.6. The molecule has 0 aliphatic heterocycles. The second-order valence-electron chi connectivity index (χ2n) is 9.02. The molecule has 4 heteroatoms. The van der Waals surface area contributed by atoms with Crippen molar-refractivity contribution >= 4 is 0 Å². The highest BCUT2D eigenvalue weighted by molar-refractivity contribution is 5.57. The van der Waals surface area contributed by atoms with Crippen molar-refractivity contribution in [2.24, 2.45) is 0 Å². The van der Waals surface area contributed by atoms with E-state index in [1.165, 1.54) is 5.56 Å². The van der Waals surface area contributed by atoms with Crippen LogP contribution in [0.2, 0.25) is 0 Å². The van der Waals surface area contributed by atoms with Crippen LogP contribution in [0.3, 0.4) is 0 Å². The van der Waals surface area contributed by atoms with Gasteiger partial charge in [-0.25, -0.2) is 0 Å². The Bertz CT molecular complexity index is 1220. The summed E-state index contributed by atoms with van der Waals surface area (Å²) in [6.45, 7) is 10.6. The van der Waals surface area contributed by atoms with E-state index in [1.54, 1.807) is 0 Å². The summed E-state index contributed by atoms with van der Waals surface area (Å²) in [5, 5.41) is 0. The van der Waals surface area contributed by atoms with E-state index in [2.05, 4.69) is 56.1 Å². The molecule has 4 aromatic heterocycles. The Labute approximate surface area is 184 Å². The third kappa shape index (κ3) is 5.02. The van der Waals surface area contributed by atoms with Gasteiger partial charge in [-0.05, 0) is 67.9 Å². The lowest BCUT2D eigenvalue weighted by molar-refractivity contribution is 0.569. The topological polar surface area (TPSA) is 51.6 Å². The maximum Gasteiger partial charge on any atom is 0.0892 e. The maximum atomic E-state index is 4.88. The molecule has 0 bridgehead atoms. The molecule has 4 nitrogen and oxygen atoms in total. The standard InChI is InChI=1S/C27H28N4/c1-18-9-6-11-22(28-18)23-12-7-10-21(30-23)16-20-15-19(2)29-25(17-20)24-13-8-14-26(31-24)27(3,4)5/h6-15,17H,16H2,1-5H3. The molecular formula is C27H28N4. The van der Waals surface area contributed by atoms with Gasteiger partial charge in [-0.1, -0.05) is 39.0 Å². The van der Waals surface area contributed by atoms with Gasteiger partial charge in [-0.3, -0.25) is 19.9 Å². The average Bonchev–Trinajstić information content (AvgIpc) is 2.73. The van der Waals surface area contributed by atoms with Crippen LogP contribution in [0.5, 0.6) is 0 Å². The molecule has 0 fully saturated rings. The van der Waals surface area contributed by atoms with Crippen molar-refractivity contribution in [3.63, 3.8) is 0 Å². The number of rotatable bonds is 4. The molecule has 4 rings (SSSR count). The monoisotopic (exact) mass is 408 g/mol. The number of nitrogens with zero attached hydrogens (tertiary/aromatic N) is 4. The smallest absolute Gasteiger partial charge is 0.0892 e. The third-order valence-corrected chi connectivity index (χ3v) is 5.14. The average molecular weight is 409 g/mol. The predicted molar refractivity (Wildman–Crippen MR) is 126 cm³/mol. The molecule has 0 spiro atoms. The number of pyridine rings is 4. The zero-order chi connectivity index (χ0) is 22.0. The first kappa shape index (κ1) is 20.9. The van der Waals surface area contributed by atoms with Crippen molar-refractivity contribution in [1.29, 1.82) is 0 Å². The van der Waals surface area contributed by atoms with Gasteiger partial charge in [0.25, 0.3) is 0 Å². The Morgan fingerprint density at radius 2 is 1.23 bits per heavy atom. The van der Waals surface area contributed by atoms with Gasteiger partial charge in [-0.2, -0.15) is 0 Å². The molecule has 0 atom stereocenters. The third-order valence-electron chi connectivity index (χ3n) is 5.14. The van der Waals surface area contributed by atoms with Crippen LogP contribution in [0.15, 0.2) is 66.7 Å². The van der Waals surface area contributed by atoms with Gasteiger partial charge in [0.1, 0.15) is 0 Å². The van der Waals surface area contributed by atoms with Gasteiger partial charge in [-0.15, -0.1) is 0 Å². The SMILES string of the molecule is Cc1cccc(-c2cccc(Cc3cc(C)nc(-c4cccc(C(C)(C)C)n4)c3)n2)n1. The van der Waals surface area contributed by atoms with Gasteiger partial charge in [0.05, 0.1) is 22.8 Å². The fourth-order valence-electron chi connectivity index (χ4n) is 3.58. The van der Waals surface area contributed by atoms with Crippen molar-refractivity contribution in [2.45, 2.75) is 46.5 Å². The lowest BCUT2D eigenvalue weighted by atomic mass is 9.91. The minimum Gasteiger partial charge on any atom is -0.251 e. The molecule has 0 amide bonds. The van der Waals surface area contributed by atoms with E-state index >= 15 is 0 Å². The van der Waals surface area contributed by atoms with Crippen LogP contribution in [0.4, 0.5) is 0 Å². The molecule has 4 heterocycles. The van der Waals surface area contributed by atoms with Crippen LogP contribution in [-0.2, 0) is 11.8 Å². The summed E-state index contributed by atoms with van der Waals surface area (Å²) in [6.07, 6.45) is 0.731. The Balaban J connectivity index is 1.65. The Hall–Kier alpha value is -3.40. The lowest BCUT2D eigenvalue weighted by Gasteiger charge is -2.18. The van der Waals surface area contributed by atoms with Gasteiger partial charge >= 0.3 is 0 Å². The van der Waals surface area contributed by atoms with Crippen LogP contribution in [0.25, 0.3) is 22.8 Å². The molecule has 0 radical (unpaired) electrons. The maximum absolute atomic E-state index is 4.88. The first-order valence-electron chi connectivity index (χ1n) is 10.6. The number of hydrogen-bond donors (Lipinski definition) is 0. The predicted octanol–water partition coefficient (Wildman–Crippen LogP) is 6.11. The van der Waals surface area contributed by atoms with E-state index < -0.39 is 0 Å². The molecule has 0 N–H and O–H groups in total. The minimum atomic E-state index is -0.00312. The first-order chi connectivity index (χ1) is 14.8. The molecule has 0 aromatic carbocycles. The van der Waals surface area contributed by atoms with Crippen LogP contribution in [0, 0.1) is 13.8 Å². The van der Waals surface area contributed by atoms with E-state index in [0.29, 0.717) is 0 Å². The highest BCUT2D eigenvalue weighted by Gasteiger charge is 2.16. The molecule has 0 saturated heterocycles. The van der Waals surface area contributed by atoms with Gasteiger partial charge < -0.3 is 0 Å². The van der Waals surface area contributed by atoms with Crippen LogP contribution >= 0.6 is 0 Å². The molecule has 0 saturated carbocycles. The largest absolute Gasteiger partial charge is 0.251 e. The number of aryl methyl sites for hydroxylation is 2. The Morgan fingerprint density at radius 1 is 0.613 bits per heavy atom. The van der Waals surface area contributed by atoms with Crippen molar-refractivity contribution < 1.29 is 0 Å². The second-order valence-corrected chi connectivity index (χ2v) is 9.02. The summed E-state index contributed by atoms with van der Waals surface area (Å²) >= 11 is 0. The molecule has 0 aliphatic rings. The summed E-state index contributed by atoms with van der Waals surface area (Å²) in [7, 11) is 0. The van der Waals surface area contributed by atoms with E-state index in [0.717, 1.165) is 52.0 Å². The quantitative estimate of drug-likeness (QED) is 0.409. The summed E-state index contributed by atoms with van der Waals surface area (Å²) in [5.74, 6) is 0. The molecule has 0 aliphatic carbocycles. The van der Waals surface area contributed by atoms with Gasteiger partial charge in [0.15, 0.2) is 0 Å². The van der Waals surface area contributed by atoms with Gasteiger partial charge in [0.2, 0.25) is 0 Å². The van der Waals surface area contributed by atoms with E-state index in [-0.39, 0.29) is 5.41 Å². The normalized spacial score (nSPS) is 11.5. The number of aromatic nitrogens is 4. The van der Waals surface area contributed by atoms with Crippen molar-refractivity contribution in [2.75, 3.05) is 0 Å². The molecule has 4 aromatic rings. The zero-order valence-corrected chi connectivity index (χ0v) is 18.8. The summed E-state index contributed by atoms with van der Waals surface area (Å²) in [5.41, 5.74) is 8.81. The summed E-state index contributed by atoms with van der Waals surface area (Å²) in [4.78, 5) is 19.1. The van der Waals surface area contributed by atoms with Crippen molar-refractivity contribution in [1.82, 2.24) is 19.9 Å². The zero-order valence-electron chi connectivity index (χ0n) is 18.8. The fourth-order valence-corrected chi connectivity index (χ4v) is 3.58. The van der Waals surface area contributed by atoms with E-state index in [4.69, 9.17) is 15.0 Å². The molecule has 156 valence electrons. The van der Waals surface area contributed by atoms with E-state index in [1.807, 2.05) is 50.2 Å². The van der Waals surface area contributed by atoms with E-state index in [9.17, 15) is 0 Å². The van der Waals surface area contributed by atoms with Crippen molar-refractivity contribution in [3.05, 3.63) is 95.1 Å². The first-order valence-corrected chi connectivity index (χ1v) is 10.6. The Kier molecular flexibility index (Phi) is 5.64. The number of hydrogen-bond acceptors (Lipinski definition) is 4. The highest BCUT2D eigenvalue weighted by atomic mass is 14.8. The minimum absolute atomic E-state index is 0.00312. The van der Waals surface area contributed by atoms with Crippen LogP contribution < -0.4 is 0 Å². The molecular weight excluding hydrogens is 380 g/mol.